The van der Waals surface area contributed by atoms with Crippen molar-refractivity contribution in [3.05, 3.63) is 18.5 Å². The molecule has 76 valence electrons. The van der Waals surface area contributed by atoms with E-state index in [4.69, 9.17) is 0 Å². The Morgan fingerprint density at radius 3 is 2.71 bits per heavy atom. The van der Waals surface area contributed by atoms with Gasteiger partial charge in [0.2, 0.25) is 5.95 Å². The average molecular weight is 256 g/mol. The Kier molecular flexibility index (Phi) is 3.01. The first-order valence-corrected chi connectivity index (χ1v) is 5.83. The zero-order valence-electron chi connectivity index (χ0n) is 8.23. The molecule has 1 saturated heterocycles. The maximum absolute atomic E-state index is 4.27. The summed E-state index contributed by atoms with van der Waals surface area (Å²) in [5.41, 5.74) is 0. The summed E-state index contributed by atoms with van der Waals surface area (Å²) in [5.74, 6) is 1.56. The number of piperidine rings is 1. The number of hydrogen-bond donors (Lipinski definition) is 0. The number of hydrogen-bond acceptors (Lipinski definition) is 3. The van der Waals surface area contributed by atoms with Gasteiger partial charge >= 0.3 is 0 Å². The summed E-state index contributed by atoms with van der Waals surface area (Å²) in [6.45, 7) is 4.34. The highest BCUT2D eigenvalue weighted by molar-refractivity contribution is 9.09. The van der Waals surface area contributed by atoms with Crippen molar-refractivity contribution < 1.29 is 0 Å². The molecule has 1 fully saturated rings. The molecule has 0 saturated carbocycles. The van der Waals surface area contributed by atoms with Gasteiger partial charge in [0.1, 0.15) is 0 Å². The van der Waals surface area contributed by atoms with Gasteiger partial charge in [-0.1, -0.05) is 22.9 Å². The number of anilines is 1. The van der Waals surface area contributed by atoms with Gasteiger partial charge in [-0.2, -0.15) is 0 Å². The van der Waals surface area contributed by atoms with Gasteiger partial charge in [-0.3, -0.25) is 0 Å². The van der Waals surface area contributed by atoms with Crippen LogP contribution in [0.3, 0.4) is 0 Å². The highest BCUT2D eigenvalue weighted by atomic mass is 79.9. The van der Waals surface area contributed by atoms with Crippen molar-refractivity contribution in [1.82, 2.24) is 9.97 Å². The van der Waals surface area contributed by atoms with Crippen LogP contribution in [0.1, 0.15) is 13.3 Å². The molecule has 4 heteroatoms. The lowest BCUT2D eigenvalue weighted by Gasteiger charge is -2.33. The number of rotatable bonds is 1. The summed E-state index contributed by atoms with van der Waals surface area (Å²) in [4.78, 5) is 11.3. The fourth-order valence-electron chi connectivity index (χ4n) is 1.89. The largest absolute Gasteiger partial charge is 0.339 e. The predicted octanol–water partition coefficient (Wildman–Crippen LogP) is 2.09. The van der Waals surface area contributed by atoms with Crippen molar-refractivity contribution in [2.75, 3.05) is 18.0 Å². The van der Waals surface area contributed by atoms with E-state index >= 15 is 0 Å². The second kappa shape index (κ2) is 4.26. The van der Waals surface area contributed by atoms with Gasteiger partial charge in [-0.05, 0) is 18.4 Å². The molecule has 2 rings (SSSR count). The van der Waals surface area contributed by atoms with Gasteiger partial charge in [-0.15, -0.1) is 0 Å². The minimum Gasteiger partial charge on any atom is -0.339 e. The third-order valence-electron chi connectivity index (χ3n) is 2.44. The minimum atomic E-state index is 0.565. The Labute approximate surface area is 92.7 Å². The average Bonchev–Trinajstić information content (AvgIpc) is 2.18. The van der Waals surface area contributed by atoms with Crippen LogP contribution in [0.25, 0.3) is 0 Å². The number of alkyl halides is 1. The fourth-order valence-corrected chi connectivity index (χ4v) is 2.88. The molecular weight excluding hydrogens is 242 g/mol. The van der Waals surface area contributed by atoms with Crippen molar-refractivity contribution >= 4 is 21.9 Å². The van der Waals surface area contributed by atoms with E-state index in [2.05, 4.69) is 37.7 Å². The quantitative estimate of drug-likeness (QED) is 0.720. The molecule has 1 aliphatic rings. The zero-order valence-corrected chi connectivity index (χ0v) is 9.81. The summed E-state index contributed by atoms with van der Waals surface area (Å²) >= 11 is 3.67. The molecule has 3 nitrogen and oxygen atoms in total. The summed E-state index contributed by atoms with van der Waals surface area (Å²) in [6.07, 6.45) is 4.83. The molecule has 2 heterocycles. The normalized spacial score (nSPS) is 27.7. The first-order chi connectivity index (χ1) is 6.75. The van der Waals surface area contributed by atoms with Crippen LogP contribution in [0.15, 0.2) is 18.5 Å². The number of halogens is 1. The van der Waals surface area contributed by atoms with Crippen LogP contribution in [-0.2, 0) is 0 Å². The smallest absolute Gasteiger partial charge is 0.225 e. The summed E-state index contributed by atoms with van der Waals surface area (Å²) in [5, 5.41) is 0. The third-order valence-corrected chi connectivity index (χ3v) is 3.11. The lowest BCUT2D eigenvalue weighted by atomic mass is 10.0. The Hall–Kier alpha value is -0.640. The molecular formula is C10H14BrN3. The van der Waals surface area contributed by atoms with Gasteiger partial charge in [0, 0.05) is 30.3 Å². The van der Waals surface area contributed by atoms with Gasteiger partial charge in [0.05, 0.1) is 0 Å². The SMILES string of the molecule is CC1CC(Br)CN(c2ncccn2)C1. The van der Waals surface area contributed by atoms with Crippen molar-refractivity contribution in [1.29, 1.82) is 0 Å². The summed E-state index contributed by atoms with van der Waals surface area (Å²) in [7, 11) is 0. The molecule has 14 heavy (non-hydrogen) atoms. The van der Waals surface area contributed by atoms with E-state index in [0.29, 0.717) is 10.7 Å². The molecule has 1 aromatic rings. The lowest BCUT2D eigenvalue weighted by molar-refractivity contribution is 0.454. The van der Waals surface area contributed by atoms with E-state index in [-0.39, 0.29) is 0 Å². The van der Waals surface area contributed by atoms with E-state index in [9.17, 15) is 0 Å². The van der Waals surface area contributed by atoms with Crippen molar-refractivity contribution in [2.24, 2.45) is 5.92 Å². The first kappa shape index (κ1) is 9.90. The van der Waals surface area contributed by atoms with Crippen molar-refractivity contribution in [3.63, 3.8) is 0 Å². The topological polar surface area (TPSA) is 29.0 Å². The van der Waals surface area contributed by atoms with E-state index in [1.54, 1.807) is 12.4 Å². The highest BCUT2D eigenvalue weighted by Gasteiger charge is 2.24. The Balaban J connectivity index is 2.11. The van der Waals surface area contributed by atoms with Crippen molar-refractivity contribution in [2.45, 2.75) is 18.2 Å². The lowest BCUT2D eigenvalue weighted by Crippen LogP contribution is -2.40. The van der Waals surface area contributed by atoms with E-state index in [1.165, 1.54) is 6.42 Å². The molecule has 0 aromatic carbocycles. The van der Waals surface area contributed by atoms with Crippen LogP contribution in [0.2, 0.25) is 0 Å². The van der Waals surface area contributed by atoms with Crippen LogP contribution in [0.5, 0.6) is 0 Å². The van der Waals surface area contributed by atoms with Gasteiger partial charge in [0.15, 0.2) is 0 Å². The van der Waals surface area contributed by atoms with E-state index in [1.807, 2.05) is 6.07 Å². The maximum atomic E-state index is 4.27. The molecule has 1 aliphatic heterocycles. The Bertz CT molecular complexity index is 281. The molecule has 0 amide bonds. The van der Waals surface area contributed by atoms with Gasteiger partial charge < -0.3 is 4.90 Å². The van der Waals surface area contributed by atoms with E-state index in [0.717, 1.165) is 19.0 Å². The van der Waals surface area contributed by atoms with Crippen LogP contribution < -0.4 is 4.90 Å². The molecule has 0 N–H and O–H groups in total. The summed E-state index contributed by atoms with van der Waals surface area (Å²) < 4.78 is 0. The predicted molar refractivity (Wildman–Crippen MR) is 60.7 cm³/mol. The van der Waals surface area contributed by atoms with Crippen molar-refractivity contribution in [3.8, 4) is 0 Å². The van der Waals surface area contributed by atoms with E-state index < -0.39 is 0 Å². The molecule has 2 unspecified atom stereocenters. The van der Waals surface area contributed by atoms with Crippen LogP contribution in [-0.4, -0.2) is 27.9 Å². The Morgan fingerprint density at radius 1 is 1.36 bits per heavy atom. The zero-order chi connectivity index (χ0) is 9.97. The molecule has 0 aliphatic carbocycles. The summed E-state index contributed by atoms with van der Waals surface area (Å²) in [6, 6.07) is 1.85. The number of nitrogens with zero attached hydrogens (tertiary/aromatic N) is 3. The molecule has 0 spiro atoms. The maximum Gasteiger partial charge on any atom is 0.225 e. The van der Waals surface area contributed by atoms with Gasteiger partial charge in [0.25, 0.3) is 0 Å². The third kappa shape index (κ3) is 2.23. The molecule has 1 aromatic heterocycles. The second-order valence-corrected chi connectivity index (χ2v) is 5.19. The highest BCUT2D eigenvalue weighted by Crippen LogP contribution is 2.23. The molecule has 0 bridgehead atoms. The van der Waals surface area contributed by atoms with Crippen LogP contribution >= 0.6 is 15.9 Å². The van der Waals surface area contributed by atoms with Gasteiger partial charge in [-0.25, -0.2) is 9.97 Å². The molecule has 0 radical (unpaired) electrons. The standard InChI is InChI=1S/C10H14BrN3/c1-8-5-9(11)7-14(6-8)10-12-3-2-4-13-10/h2-4,8-9H,5-7H2,1H3. The monoisotopic (exact) mass is 255 g/mol. The minimum absolute atomic E-state index is 0.565. The van der Waals surface area contributed by atoms with Crippen LogP contribution in [0.4, 0.5) is 5.95 Å². The van der Waals surface area contributed by atoms with Crippen LogP contribution in [0, 0.1) is 5.92 Å². The fraction of sp³-hybridized carbons (Fsp3) is 0.600. The Morgan fingerprint density at radius 2 is 2.07 bits per heavy atom. The number of aromatic nitrogens is 2. The second-order valence-electron chi connectivity index (χ2n) is 3.89. The molecule has 2 atom stereocenters. The first-order valence-electron chi connectivity index (χ1n) is 4.91.